The zero-order valence-electron chi connectivity index (χ0n) is 15.3. The van der Waals surface area contributed by atoms with Crippen molar-refractivity contribution in [3.63, 3.8) is 0 Å². The number of hydrogen-bond donors (Lipinski definition) is 3. The first-order valence-electron chi connectivity index (χ1n) is 9.08. The summed E-state index contributed by atoms with van der Waals surface area (Å²) in [7, 11) is 0. The Morgan fingerprint density at radius 2 is 1.96 bits per heavy atom. The van der Waals surface area contributed by atoms with Crippen molar-refractivity contribution >= 4 is 29.2 Å². The van der Waals surface area contributed by atoms with Crippen LogP contribution in [0.2, 0.25) is 0 Å². The predicted octanol–water partition coefficient (Wildman–Crippen LogP) is 4.12. The first-order chi connectivity index (χ1) is 11.5. The van der Waals surface area contributed by atoms with Gasteiger partial charge in [-0.25, -0.2) is 0 Å². The molecule has 0 unspecified atom stereocenters. The van der Waals surface area contributed by atoms with E-state index in [9.17, 15) is 4.79 Å². The van der Waals surface area contributed by atoms with Crippen LogP contribution in [-0.2, 0) is 11.3 Å². The quantitative estimate of drug-likeness (QED) is 0.747. The van der Waals surface area contributed by atoms with Crippen molar-refractivity contribution in [2.24, 2.45) is 11.1 Å². The molecule has 0 spiro atoms. The number of aryl methyl sites for hydroxylation is 2. The van der Waals surface area contributed by atoms with Gasteiger partial charge in [-0.3, -0.25) is 4.79 Å². The third-order valence-electron chi connectivity index (χ3n) is 5.75. The molecule has 138 valence electrons. The summed E-state index contributed by atoms with van der Waals surface area (Å²) in [5.41, 5.74) is 10.8. The Kier molecular flexibility index (Phi) is 6.53. The molecule has 1 aromatic heterocycles. The van der Waals surface area contributed by atoms with E-state index < -0.39 is 0 Å². The normalized spacial score (nSPS) is 16.4. The maximum atomic E-state index is 12.4. The van der Waals surface area contributed by atoms with Gasteiger partial charge in [-0.1, -0.05) is 25.3 Å². The van der Waals surface area contributed by atoms with E-state index in [1.807, 2.05) is 0 Å². The van der Waals surface area contributed by atoms with E-state index in [4.69, 9.17) is 5.73 Å². The average Bonchev–Trinajstić information content (AvgIpc) is 2.88. The molecule has 0 bridgehead atoms. The van der Waals surface area contributed by atoms with Gasteiger partial charge >= 0.3 is 0 Å². The lowest BCUT2D eigenvalue weighted by atomic mass is 9.71. The summed E-state index contributed by atoms with van der Waals surface area (Å²) in [5, 5.41) is 4.33. The molecule has 1 amide bonds. The molecule has 0 radical (unpaired) electrons. The van der Waals surface area contributed by atoms with Crippen LogP contribution in [-0.4, -0.2) is 17.4 Å². The Morgan fingerprint density at radius 1 is 1.24 bits per heavy atom. The molecule has 25 heavy (non-hydrogen) atoms. The third-order valence-corrected chi connectivity index (χ3v) is 5.75. The zero-order valence-corrected chi connectivity index (χ0v) is 16.1. The van der Waals surface area contributed by atoms with Crippen molar-refractivity contribution in [3.8, 4) is 0 Å². The van der Waals surface area contributed by atoms with E-state index in [0.717, 1.165) is 23.9 Å². The van der Waals surface area contributed by atoms with Crippen LogP contribution in [0.25, 0.3) is 10.9 Å². The Labute approximate surface area is 156 Å². The smallest absolute Gasteiger partial charge is 0.220 e. The van der Waals surface area contributed by atoms with E-state index >= 15 is 0 Å². The molecule has 1 fully saturated rings. The average molecular weight is 364 g/mol. The molecule has 1 aromatic carbocycles. The summed E-state index contributed by atoms with van der Waals surface area (Å²) < 4.78 is 0. The minimum atomic E-state index is 0. The molecular formula is C20H30ClN3O. The van der Waals surface area contributed by atoms with Crippen molar-refractivity contribution in [2.45, 2.75) is 58.9 Å². The fourth-order valence-electron chi connectivity index (χ4n) is 3.98. The van der Waals surface area contributed by atoms with E-state index in [0.29, 0.717) is 19.5 Å². The fourth-order valence-corrected chi connectivity index (χ4v) is 3.98. The van der Waals surface area contributed by atoms with Crippen LogP contribution in [0.4, 0.5) is 0 Å². The largest absolute Gasteiger partial charge is 0.358 e. The van der Waals surface area contributed by atoms with Crippen LogP contribution in [0.3, 0.4) is 0 Å². The number of nitrogens with one attached hydrogen (secondary N) is 2. The van der Waals surface area contributed by atoms with Crippen LogP contribution in [0.1, 0.15) is 55.3 Å². The number of carbonyl (C=O) groups is 1. The highest BCUT2D eigenvalue weighted by molar-refractivity contribution is 5.85. The summed E-state index contributed by atoms with van der Waals surface area (Å²) in [6, 6.07) is 6.35. The van der Waals surface area contributed by atoms with Gasteiger partial charge in [0, 0.05) is 29.6 Å². The Morgan fingerprint density at radius 3 is 2.64 bits per heavy atom. The Bertz CT molecular complexity index is 732. The van der Waals surface area contributed by atoms with Crippen molar-refractivity contribution in [2.75, 3.05) is 6.54 Å². The standard InChI is InChI=1S/C20H29N3O.ClH/c1-14-15(2)23-18-7-6-16(10-17(14)18)12-22-19(24)11-20(13-21)8-4-3-5-9-20;/h6-7,10,23H,3-5,8-9,11-13,21H2,1-2H3,(H,22,24);1H. The van der Waals surface area contributed by atoms with Gasteiger partial charge in [0.25, 0.3) is 0 Å². The number of halogens is 1. The summed E-state index contributed by atoms with van der Waals surface area (Å²) in [5.74, 6) is 0.129. The number of aromatic amines is 1. The van der Waals surface area contributed by atoms with E-state index in [-0.39, 0.29) is 23.7 Å². The van der Waals surface area contributed by atoms with Crippen LogP contribution < -0.4 is 11.1 Å². The first-order valence-corrected chi connectivity index (χ1v) is 9.08. The highest BCUT2D eigenvalue weighted by atomic mass is 35.5. The van der Waals surface area contributed by atoms with Gasteiger partial charge in [-0.15, -0.1) is 12.4 Å². The number of rotatable bonds is 5. The van der Waals surface area contributed by atoms with Gasteiger partial charge in [0.05, 0.1) is 0 Å². The monoisotopic (exact) mass is 363 g/mol. The molecule has 5 heteroatoms. The van der Waals surface area contributed by atoms with Gasteiger partial charge < -0.3 is 16.0 Å². The Hall–Kier alpha value is -1.52. The number of hydrogen-bond acceptors (Lipinski definition) is 2. The van der Waals surface area contributed by atoms with Crippen molar-refractivity contribution < 1.29 is 4.79 Å². The number of benzene rings is 1. The van der Waals surface area contributed by atoms with E-state index in [1.54, 1.807) is 0 Å². The Balaban J connectivity index is 0.00000225. The molecule has 1 heterocycles. The molecule has 0 aliphatic heterocycles. The highest BCUT2D eigenvalue weighted by Gasteiger charge is 2.32. The molecule has 3 rings (SSSR count). The highest BCUT2D eigenvalue weighted by Crippen LogP contribution is 2.38. The molecule has 1 aliphatic carbocycles. The summed E-state index contributed by atoms with van der Waals surface area (Å²) in [6.07, 6.45) is 6.42. The SMILES string of the molecule is Cc1[nH]c2ccc(CNC(=O)CC3(CN)CCCCC3)cc2c1C.Cl. The molecule has 1 aliphatic rings. The number of H-pyrrole nitrogens is 1. The molecule has 4 N–H and O–H groups in total. The summed E-state index contributed by atoms with van der Waals surface area (Å²) >= 11 is 0. The number of fused-ring (bicyclic) bond motifs is 1. The minimum Gasteiger partial charge on any atom is -0.358 e. The summed E-state index contributed by atoms with van der Waals surface area (Å²) in [4.78, 5) is 15.8. The maximum Gasteiger partial charge on any atom is 0.220 e. The van der Waals surface area contributed by atoms with Crippen LogP contribution in [0.15, 0.2) is 18.2 Å². The molecule has 4 nitrogen and oxygen atoms in total. The zero-order chi connectivity index (χ0) is 17.2. The minimum absolute atomic E-state index is 0. The number of carbonyl (C=O) groups excluding carboxylic acids is 1. The number of aromatic nitrogens is 1. The van der Waals surface area contributed by atoms with Crippen molar-refractivity contribution in [3.05, 3.63) is 35.0 Å². The van der Waals surface area contributed by atoms with E-state index in [1.165, 1.54) is 35.9 Å². The second-order valence-electron chi connectivity index (χ2n) is 7.47. The van der Waals surface area contributed by atoms with Crippen LogP contribution >= 0.6 is 12.4 Å². The third kappa shape index (κ3) is 4.36. The fraction of sp³-hybridized carbons (Fsp3) is 0.550. The topological polar surface area (TPSA) is 70.9 Å². The maximum absolute atomic E-state index is 12.4. The summed E-state index contributed by atoms with van der Waals surface area (Å²) in [6.45, 7) is 5.42. The van der Waals surface area contributed by atoms with Crippen LogP contribution in [0, 0.1) is 19.3 Å². The second-order valence-corrected chi connectivity index (χ2v) is 7.47. The number of nitrogens with two attached hydrogens (primary N) is 1. The number of amides is 1. The first kappa shape index (κ1) is 19.8. The van der Waals surface area contributed by atoms with Crippen molar-refractivity contribution in [1.29, 1.82) is 0 Å². The van der Waals surface area contributed by atoms with Gasteiger partial charge in [0.1, 0.15) is 0 Å². The second kappa shape index (κ2) is 8.24. The lowest BCUT2D eigenvalue weighted by molar-refractivity contribution is -0.124. The van der Waals surface area contributed by atoms with Gasteiger partial charge in [0.2, 0.25) is 5.91 Å². The van der Waals surface area contributed by atoms with Crippen LogP contribution in [0.5, 0.6) is 0 Å². The molecule has 2 aromatic rings. The molecule has 0 atom stereocenters. The molecule has 0 saturated heterocycles. The molecule has 1 saturated carbocycles. The van der Waals surface area contributed by atoms with Gasteiger partial charge in [0.15, 0.2) is 0 Å². The van der Waals surface area contributed by atoms with Crippen molar-refractivity contribution in [1.82, 2.24) is 10.3 Å². The predicted molar refractivity (Wildman–Crippen MR) is 106 cm³/mol. The molecular weight excluding hydrogens is 334 g/mol. The lowest BCUT2D eigenvalue weighted by Gasteiger charge is -2.35. The van der Waals surface area contributed by atoms with E-state index in [2.05, 4.69) is 42.3 Å². The lowest BCUT2D eigenvalue weighted by Crippen LogP contribution is -2.38. The van der Waals surface area contributed by atoms with Gasteiger partial charge in [-0.2, -0.15) is 0 Å². The van der Waals surface area contributed by atoms with Gasteiger partial charge in [-0.05, 0) is 61.9 Å².